The topological polar surface area (TPSA) is 34.1 Å². The van der Waals surface area contributed by atoms with Crippen LogP contribution in [0, 0.1) is 17.5 Å². The second-order valence-electron chi connectivity index (χ2n) is 6.22. The largest absolute Gasteiger partial charge is 0.228 e. The van der Waals surface area contributed by atoms with E-state index in [9.17, 15) is 26.0 Å². The molecule has 0 aliphatic heterocycles. The molecular weight excluding hydrogens is 387 g/mol. The Morgan fingerprint density at radius 3 is 1.89 bits per heavy atom. The Morgan fingerprint density at radius 1 is 0.852 bits per heavy atom. The zero-order valence-electron chi connectivity index (χ0n) is 13.9. The van der Waals surface area contributed by atoms with E-state index in [1.165, 1.54) is 24.3 Å². The van der Waals surface area contributed by atoms with E-state index >= 15 is 4.39 Å². The maximum Gasteiger partial charge on any atom is 0.205 e. The molecule has 0 N–H and O–H groups in total. The molecule has 0 spiro atoms. The van der Waals surface area contributed by atoms with Crippen LogP contribution in [0.25, 0.3) is 0 Å². The van der Waals surface area contributed by atoms with Crippen LogP contribution < -0.4 is 0 Å². The van der Waals surface area contributed by atoms with Gasteiger partial charge in [0.15, 0.2) is 27.3 Å². The fraction of sp³-hybridized carbons (Fsp3) is 0.158. The van der Waals surface area contributed by atoms with Crippen molar-refractivity contribution in [2.24, 2.45) is 0 Å². The number of alkyl halides is 1. The van der Waals surface area contributed by atoms with Crippen LogP contribution in [-0.4, -0.2) is 14.7 Å². The van der Waals surface area contributed by atoms with Crippen molar-refractivity contribution < 1.29 is 30.4 Å². The molecule has 2 nitrogen and oxygen atoms in total. The molecule has 8 heteroatoms. The molecule has 3 rings (SSSR count). The monoisotopic (exact) mass is 400 g/mol. The standard InChI is InChI=1S/C19H13F5O2S/c1-27(25,26)18(13-9-14(20)17(23)15(21)10-13)7-8-19(24,16(22)11-18)12-5-3-2-4-6-12/h2-11H,1H3. The second kappa shape index (κ2) is 6.30. The summed E-state index contributed by atoms with van der Waals surface area (Å²) in [4.78, 5) is 0. The van der Waals surface area contributed by atoms with Gasteiger partial charge < -0.3 is 0 Å². The van der Waals surface area contributed by atoms with Crippen LogP contribution in [0.5, 0.6) is 0 Å². The van der Waals surface area contributed by atoms with E-state index in [1.54, 1.807) is 6.07 Å². The zero-order chi connectivity index (χ0) is 20.0. The van der Waals surface area contributed by atoms with Crippen molar-refractivity contribution in [2.45, 2.75) is 10.4 Å². The highest BCUT2D eigenvalue weighted by molar-refractivity contribution is 7.92. The highest BCUT2D eigenvalue weighted by Crippen LogP contribution is 2.47. The Morgan fingerprint density at radius 2 is 1.41 bits per heavy atom. The first kappa shape index (κ1) is 19.3. The van der Waals surface area contributed by atoms with Crippen LogP contribution in [0.15, 0.2) is 66.5 Å². The summed E-state index contributed by atoms with van der Waals surface area (Å²) in [5.41, 5.74) is -3.41. The average Bonchev–Trinajstić information content (AvgIpc) is 2.61. The molecule has 0 heterocycles. The maximum absolute atomic E-state index is 15.2. The van der Waals surface area contributed by atoms with Crippen LogP contribution in [0.1, 0.15) is 11.1 Å². The van der Waals surface area contributed by atoms with Gasteiger partial charge >= 0.3 is 0 Å². The molecule has 2 aromatic carbocycles. The van der Waals surface area contributed by atoms with Crippen LogP contribution >= 0.6 is 0 Å². The molecule has 0 radical (unpaired) electrons. The van der Waals surface area contributed by atoms with E-state index in [4.69, 9.17) is 0 Å². The van der Waals surface area contributed by atoms with Gasteiger partial charge in [0.25, 0.3) is 0 Å². The molecule has 0 saturated carbocycles. The van der Waals surface area contributed by atoms with E-state index in [0.717, 1.165) is 6.08 Å². The summed E-state index contributed by atoms with van der Waals surface area (Å²) < 4.78 is 93.0. The van der Waals surface area contributed by atoms with Gasteiger partial charge in [0.2, 0.25) is 5.67 Å². The van der Waals surface area contributed by atoms with Crippen LogP contribution in [-0.2, 0) is 20.3 Å². The highest BCUT2D eigenvalue weighted by atomic mass is 32.2. The summed E-state index contributed by atoms with van der Waals surface area (Å²) >= 11 is 0. The lowest BCUT2D eigenvalue weighted by atomic mass is 9.83. The van der Waals surface area contributed by atoms with Crippen molar-refractivity contribution in [1.82, 2.24) is 0 Å². The average molecular weight is 400 g/mol. The molecule has 2 atom stereocenters. The van der Waals surface area contributed by atoms with Gasteiger partial charge in [0.1, 0.15) is 10.6 Å². The number of benzene rings is 2. The van der Waals surface area contributed by atoms with Crippen molar-refractivity contribution in [3.63, 3.8) is 0 Å². The van der Waals surface area contributed by atoms with Gasteiger partial charge in [-0.25, -0.2) is 30.4 Å². The molecule has 27 heavy (non-hydrogen) atoms. The van der Waals surface area contributed by atoms with E-state index < -0.39 is 49.1 Å². The van der Waals surface area contributed by atoms with Crippen LogP contribution in [0.3, 0.4) is 0 Å². The molecule has 2 unspecified atom stereocenters. The van der Waals surface area contributed by atoms with Gasteiger partial charge in [-0.05, 0) is 35.4 Å². The Hall–Kier alpha value is -2.48. The minimum Gasteiger partial charge on any atom is -0.228 e. The normalized spacial score (nSPS) is 25.3. The minimum absolute atomic E-state index is 0.0893. The summed E-state index contributed by atoms with van der Waals surface area (Å²) in [6.45, 7) is 0. The quantitative estimate of drug-likeness (QED) is 0.428. The third kappa shape index (κ3) is 2.97. The molecule has 1 aliphatic carbocycles. The van der Waals surface area contributed by atoms with E-state index in [1.807, 2.05) is 0 Å². The molecule has 0 bridgehead atoms. The molecule has 2 aromatic rings. The highest BCUT2D eigenvalue weighted by Gasteiger charge is 2.48. The lowest BCUT2D eigenvalue weighted by Gasteiger charge is -2.33. The van der Waals surface area contributed by atoms with Crippen LogP contribution in [0.4, 0.5) is 22.0 Å². The Balaban J connectivity index is 2.25. The van der Waals surface area contributed by atoms with Crippen molar-refractivity contribution in [3.8, 4) is 0 Å². The fourth-order valence-corrected chi connectivity index (χ4v) is 4.16. The predicted molar refractivity (Wildman–Crippen MR) is 90.4 cm³/mol. The lowest BCUT2D eigenvalue weighted by Crippen LogP contribution is -2.37. The van der Waals surface area contributed by atoms with Gasteiger partial charge in [-0.15, -0.1) is 0 Å². The van der Waals surface area contributed by atoms with Gasteiger partial charge in [-0.2, -0.15) is 0 Å². The van der Waals surface area contributed by atoms with Crippen LogP contribution in [0.2, 0.25) is 0 Å². The third-order valence-electron chi connectivity index (χ3n) is 4.49. The minimum atomic E-state index is -4.28. The van der Waals surface area contributed by atoms with E-state index in [2.05, 4.69) is 0 Å². The summed E-state index contributed by atoms with van der Waals surface area (Å²) in [6, 6.07) is 8.04. The number of sulfone groups is 1. The smallest absolute Gasteiger partial charge is 0.205 e. The number of rotatable bonds is 3. The van der Waals surface area contributed by atoms with Crippen molar-refractivity contribution in [3.05, 3.63) is 95.1 Å². The zero-order valence-corrected chi connectivity index (χ0v) is 14.7. The first-order valence-electron chi connectivity index (χ1n) is 7.69. The number of allylic oxidation sites excluding steroid dienone is 2. The summed E-state index contributed by atoms with van der Waals surface area (Å²) in [5.74, 6) is -6.55. The first-order chi connectivity index (χ1) is 12.5. The molecule has 0 saturated heterocycles. The number of hydrogen-bond donors (Lipinski definition) is 0. The molecular formula is C19H13F5O2S. The van der Waals surface area contributed by atoms with Gasteiger partial charge in [-0.1, -0.05) is 36.4 Å². The Bertz CT molecular complexity index is 1040. The third-order valence-corrected chi connectivity index (χ3v) is 6.21. The molecule has 0 aromatic heterocycles. The predicted octanol–water partition coefficient (Wildman–Crippen LogP) is 4.63. The van der Waals surface area contributed by atoms with Gasteiger partial charge in [-0.3, -0.25) is 0 Å². The lowest BCUT2D eigenvalue weighted by molar-refractivity contribution is 0.232. The molecule has 0 fully saturated rings. The molecule has 142 valence electrons. The number of hydrogen-bond acceptors (Lipinski definition) is 2. The van der Waals surface area contributed by atoms with Crippen molar-refractivity contribution >= 4 is 9.84 Å². The molecule has 0 amide bonds. The van der Waals surface area contributed by atoms with E-state index in [-0.39, 0.29) is 5.56 Å². The van der Waals surface area contributed by atoms with E-state index in [0.29, 0.717) is 30.5 Å². The van der Waals surface area contributed by atoms with Crippen molar-refractivity contribution in [2.75, 3.05) is 6.26 Å². The number of halogens is 5. The maximum atomic E-state index is 15.2. The summed E-state index contributed by atoms with van der Waals surface area (Å²) in [5, 5.41) is 0. The Kier molecular flexibility index (Phi) is 4.50. The summed E-state index contributed by atoms with van der Waals surface area (Å²) in [6.07, 6.45) is 2.64. The van der Waals surface area contributed by atoms with Gasteiger partial charge in [0.05, 0.1) is 0 Å². The second-order valence-corrected chi connectivity index (χ2v) is 8.44. The SMILES string of the molecule is CS(=O)(=O)C1(c2cc(F)c(F)c(F)c2)C=CC(F)(c2ccccc2)C(F)=C1. The fourth-order valence-electron chi connectivity index (χ4n) is 2.98. The summed E-state index contributed by atoms with van der Waals surface area (Å²) in [7, 11) is -4.28. The molecule has 1 aliphatic rings. The first-order valence-corrected chi connectivity index (χ1v) is 9.59. The van der Waals surface area contributed by atoms with Crippen molar-refractivity contribution in [1.29, 1.82) is 0 Å². The Labute approximate surface area is 152 Å². The van der Waals surface area contributed by atoms with Gasteiger partial charge in [0, 0.05) is 6.26 Å².